The van der Waals surface area contributed by atoms with Crippen LogP contribution in [0.1, 0.15) is 5.56 Å². The summed E-state index contributed by atoms with van der Waals surface area (Å²) in [5.41, 5.74) is 1.05. The van der Waals surface area contributed by atoms with Crippen LogP contribution in [0.4, 0.5) is 11.8 Å². The molecular weight excluding hydrogens is 286 g/mol. The van der Waals surface area contributed by atoms with Crippen molar-refractivity contribution in [2.24, 2.45) is 0 Å². The van der Waals surface area contributed by atoms with E-state index in [0.29, 0.717) is 31.5 Å². The SMILES string of the molecule is COCCNc1cnnc(NCc2ccc3c(c2)OCO3)n1. The molecule has 1 aliphatic heterocycles. The minimum Gasteiger partial charge on any atom is -0.454 e. The van der Waals surface area contributed by atoms with Crippen LogP contribution in [0.5, 0.6) is 11.5 Å². The summed E-state index contributed by atoms with van der Waals surface area (Å²) in [6, 6.07) is 5.79. The van der Waals surface area contributed by atoms with Crippen molar-refractivity contribution in [1.82, 2.24) is 15.2 Å². The Morgan fingerprint density at radius 2 is 2.14 bits per heavy atom. The van der Waals surface area contributed by atoms with E-state index in [4.69, 9.17) is 14.2 Å². The highest BCUT2D eigenvalue weighted by Gasteiger charge is 2.13. The van der Waals surface area contributed by atoms with Crippen molar-refractivity contribution in [1.29, 1.82) is 0 Å². The van der Waals surface area contributed by atoms with Gasteiger partial charge in [0.2, 0.25) is 12.7 Å². The third kappa shape index (κ3) is 3.53. The number of rotatable bonds is 7. The number of nitrogens with zero attached hydrogens (tertiary/aromatic N) is 3. The monoisotopic (exact) mass is 303 g/mol. The number of fused-ring (bicyclic) bond motifs is 1. The van der Waals surface area contributed by atoms with Crippen LogP contribution in [-0.4, -0.2) is 42.2 Å². The number of anilines is 2. The zero-order valence-electron chi connectivity index (χ0n) is 12.2. The molecule has 0 spiro atoms. The summed E-state index contributed by atoms with van der Waals surface area (Å²) in [5.74, 6) is 2.64. The van der Waals surface area contributed by atoms with Crippen LogP contribution < -0.4 is 20.1 Å². The number of methoxy groups -OCH3 is 1. The molecule has 0 atom stereocenters. The second-order valence-electron chi connectivity index (χ2n) is 4.63. The first-order valence-electron chi connectivity index (χ1n) is 6.90. The maximum atomic E-state index is 5.35. The molecule has 8 nitrogen and oxygen atoms in total. The van der Waals surface area contributed by atoms with Gasteiger partial charge >= 0.3 is 0 Å². The molecule has 3 rings (SSSR count). The highest BCUT2D eigenvalue weighted by Crippen LogP contribution is 2.32. The Morgan fingerprint density at radius 1 is 1.23 bits per heavy atom. The van der Waals surface area contributed by atoms with Gasteiger partial charge in [-0.15, -0.1) is 5.10 Å². The fourth-order valence-corrected chi connectivity index (χ4v) is 1.98. The molecule has 0 bridgehead atoms. The fourth-order valence-electron chi connectivity index (χ4n) is 1.98. The first-order chi connectivity index (χ1) is 10.8. The van der Waals surface area contributed by atoms with Gasteiger partial charge < -0.3 is 24.8 Å². The van der Waals surface area contributed by atoms with Gasteiger partial charge in [-0.05, 0) is 17.7 Å². The quantitative estimate of drug-likeness (QED) is 0.739. The van der Waals surface area contributed by atoms with E-state index in [1.54, 1.807) is 13.3 Å². The Morgan fingerprint density at radius 3 is 3.05 bits per heavy atom. The highest BCUT2D eigenvalue weighted by atomic mass is 16.7. The van der Waals surface area contributed by atoms with E-state index in [1.165, 1.54) is 0 Å². The third-order valence-electron chi connectivity index (χ3n) is 3.06. The van der Waals surface area contributed by atoms with Gasteiger partial charge in [-0.1, -0.05) is 6.07 Å². The van der Waals surface area contributed by atoms with Crippen LogP contribution in [-0.2, 0) is 11.3 Å². The molecule has 0 saturated carbocycles. The van der Waals surface area contributed by atoms with E-state index in [1.807, 2.05) is 18.2 Å². The average Bonchev–Trinajstić information content (AvgIpc) is 3.01. The topological polar surface area (TPSA) is 90.4 Å². The van der Waals surface area contributed by atoms with Gasteiger partial charge in [0.05, 0.1) is 12.8 Å². The Kier molecular flexibility index (Phi) is 4.50. The van der Waals surface area contributed by atoms with Crippen LogP contribution >= 0.6 is 0 Å². The van der Waals surface area contributed by atoms with Crippen LogP contribution in [0.2, 0.25) is 0 Å². The molecule has 0 fully saturated rings. The summed E-state index contributed by atoms with van der Waals surface area (Å²) >= 11 is 0. The molecule has 8 heteroatoms. The van der Waals surface area contributed by atoms with Crippen LogP contribution in [0.25, 0.3) is 0 Å². The largest absolute Gasteiger partial charge is 0.454 e. The molecule has 2 N–H and O–H groups in total. The predicted molar refractivity (Wildman–Crippen MR) is 80.1 cm³/mol. The zero-order chi connectivity index (χ0) is 15.2. The summed E-state index contributed by atoms with van der Waals surface area (Å²) in [5, 5.41) is 14.1. The van der Waals surface area contributed by atoms with Crippen molar-refractivity contribution in [3.05, 3.63) is 30.0 Å². The molecule has 0 unspecified atom stereocenters. The summed E-state index contributed by atoms with van der Waals surface area (Å²) in [6.45, 7) is 2.11. The number of nitrogens with one attached hydrogen (secondary N) is 2. The van der Waals surface area contributed by atoms with E-state index >= 15 is 0 Å². The smallest absolute Gasteiger partial charge is 0.244 e. The first-order valence-corrected chi connectivity index (χ1v) is 6.90. The minimum absolute atomic E-state index is 0.272. The molecule has 0 amide bonds. The lowest BCUT2D eigenvalue weighted by Gasteiger charge is -2.07. The molecule has 1 aromatic carbocycles. The van der Waals surface area contributed by atoms with Gasteiger partial charge in [0.15, 0.2) is 17.3 Å². The zero-order valence-corrected chi connectivity index (χ0v) is 12.2. The van der Waals surface area contributed by atoms with Gasteiger partial charge in [0.25, 0.3) is 0 Å². The standard InChI is InChI=1S/C14H17N5O3/c1-20-5-4-15-13-8-17-19-14(18-13)16-7-10-2-3-11-12(6-10)22-9-21-11/h2-3,6,8H,4-5,7,9H2,1H3,(H2,15,16,18,19). The third-order valence-corrected chi connectivity index (χ3v) is 3.06. The average molecular weight is 303 g/mol. The van der Waals surface area contributed by atoms with Gasteiger partial charge in [-0.2, -0.15) is 10.1 Å². The van der Waals surface area contributed by atoms with E-state index in [9.17, 15) is 0 Å². The van der Waals surface area contributed by atoms with Crippen molar-refractivity contribution in [3.8, 4) is 11.5 Å². The number of benzene rings is 1. The van der Waals surface area contributed by atoms with E-state index < -0.39 is 0 Å². The van der Waals surface area contributed by atoms with Crippen molar-refractivity contribution >= 4 is 11.8 Å². The molecule has 0 radical (unpaired) electrons. The van der Waals surface area contributed by atoms with Crippen LogP contribution in [0.3, 0.4) is 0 Å². The van der Waals surface area contributed by atoms with E-state index in [2.05, 4.69) is 25.8 Å². The first kappa shape index (κ1) is 14.3. The minimum atomic E-state index is 0.272. The molecule has 2 aromatic rings. The van der Waals surface area contributed by atoms with E-state index in [-0.39, 0.29) is 6.79 Å². The van der Waals surface area contributed by atoms with Gasteiger partial charge in [0.1, 0.15) is 0 Å². The van der Waals surface area contributed by atoms with Crippen LogP contribution in [0, 0.1) is 0 Å². The second kappa shape index (κ2) is 6.90. The molecule has 1 aromatic heterocycles. The second-order valence-corrected chi connectivity index (χ2v) is 4.63. The maximum Gasteiger partial charge on any atom is 0.244 e. The lowest BCUT2D eigenvalue weighted by Crippen LogP contribution is -2.11. The van der Waals surface area contributed by atoms with Crippen molar-refractivity contribution in [3.63, 3.8) is 0 Å². The summed E-state index contributed by atoms with van der Waals surface area (Å²) in [7, 11) is 1.65. The Hall–Kier alpha value is -2.61. The molecule has 0 aliphatic carbocycles. The van der Waals surface area contributed by atoms with Crippen molar-refractivity contribution in [2.45, 2.75) is 6.54 Å². The number of aromatic nitrogens is 3. The summed E-state index contributed by atoms with van der Waals surface area (Å²) < 4.78 is 15.6. The van der Waals surface area contributed by atoms with Crippen molar-refractivity contribution in [2.75, 3.05) is 37.7 Å². The van der Waals surface area contributed by atoms with Gasteiger partial charge in [-0.25, -0.2) is 0 Å². The maximum absolute atomic E-state index is 5.35. The lowest BCUT2D eigenvalue weighted by molar-refractivity contribution is 0.174. The number of ether oxygens (including phenoxy) is 3. The molecule has 0 saturated heterocycles. The summed E-state index contributed by atoms with van der Waals surface area (Å²) in [6.07, 6.45) is 1.57. The normalized spacial score (nSPS) is 12.2. The Balaban J connectivity index is 1.58. The summed E-state index contributed by atoms with van der Waals surface area (Å²) in [4.78, 5) is 4.32. The fraction of sp³-hybridized carbons (Fsp3) is 0.357. The van der Waals surface area contributed by atoms with Crippen LogP contribution in [0.15, 0.2) is 24.4 Å². The van der Waals surface area contributed by atoms with Crippen molar-refractivity contribution < 1.29 is 14.2 Å². The van der Waals surface area contributed by atoms with Gasteiger partial charge in [-0.3, -0.25) is 0 Å². The molecule has 116 valence electrons. The molecule has 1 aliphatic rings. The highest BCUT2D eigenvalue weighted by molar-refractivity contribution is 5.45. The number of hydrogen-bond donors (Lipinski definition) is 2. The molecule has 22 heavy (non-hydrogen) atoms. The van der Waals surface area contributed by atoms with Gasteiger partial charge in [0, 0.05) is 20.2 Å². The lowest BCUT2D eigenvalue weighted by atomic mass is 10.2. The van der Waals surface area contributed by atoms with E-state index in [0.717, 1.165) is 17.1 Å². The predicted octanol–water partition coefficient (Wildman–Crippen LogP) is 1.27. The Bertz CT molecular complexity index is 638. The molecule has 2 heterocycles. The molecular formula is C14H17N5O3. The Labute approximate surface area is 127 Å². The number of hydrogen-bond acceptors (Lipinski definition) is 8.